The zero-order valence-corrected chi connectivity index (χ0v) is 30.6. The number of imide groups is 1. The van der Waals surface area contributed by atoms with Crippen molar-refractivity contribution in [2.45, 2.75) is 64.6 Å². The number of phenolic OH excluding ortho intramolecular Hbond substituents is 1. The summed E-state index contributed by atoms with van der Waals surface area (Å²) >= 11 is 0. The fraction of sp³-hybridized carbons (Fsp3) is 0.364. The standard InChI is InChI=1S/C44H50N2O7/c1-2-40(32-9-4-3-5-10-32)43(33-11-16-37(47)17-12-33)34-13-18-38(19-14-34)52-27-7-25-50-23-6-24-51-26-8-28-53-39-20-15-35-30-46(31-36(35)29-39)41-21-22-42(48)45-44(41)49/h3-5,9-20,29,41,47H,2,6-8,21-28,30-31H2,1H3,(H,45,48,49). The molecule has 0 bridgehead atoms. The fourth-order valence-corrected chi connectivity index (χ4v) is 6.93. The minimum atomic E-state index is -0.257. The van der Waals surface area contributed by atoms with Crippen molar-refractivity contribution in [3.05, 3.63) is 125 Å². The van der Waals surface area contributed by atoms with Crippen LogP contribution in [-0.4, -0.2) is 67.5 Å². The Hall–Kier alpha value is -4.96. The van der Waals surface area contributed by atoms with Gasteiger partial charge in [-0.05, 0) is 94.6 Å². The lowest BCUT2D eigenvalue weighted by molar-refractivity contribution is -0.137. The van der Waals surface area contributed by atoms with Crippen molar-refractivity contribution in [3.8, 4) is 17.2 Å². The van der Waals surface area contributed by atoms with Gasteiger partial charge >= 0.3 is 0 Å². The Morgan fingerprint density at radius 2 is 1.28 bits per heavy atom. The number of benzene rings is 4. The molecule has 9 nitrogen and oxygen atoms in total. The van der Waals surface area contributed by atoms with E-state index in [1.807, 2.05) is 36.4 Å². The van der Waals surface area contributed by atoms with Crippen molar-refractivity contribution in [1.29, 1.82) is 0 Å². The van der Waals surface area contributed by atoms with Crippen LogP contribution in [0.4, 0.5) is 0 Å². The highest BCUT2D eigenvalue weighted by Crippen LogP contribution is 2.36. The molecule has 2 heterocycles. The minimum absolute atomic E-state index is 0.186. The lowest BCUT2D eigenvalue weighted by Crippen LogP contribution is -2.50. The van der Waals surface area contributed by atoms with Gasteiger partial charge in [-0.1, -0.05) is 67.6 Å². The predicted octanol–water partition coefficient (Wildman–Crippen LogP) is 7.54. The van der Waals surface area contributed by atoms with E-state index < -0.39 is 0 Å². The number of piperidine rings is 1. The van der Waals surface area contributed by atoms with E-state index in [1.165, 1.54) is 22.3 Å². The maximum atomic E-state index is 12.3. The number of ether oxygens (including phenoxy) is 4. The first-order valence-corrected chi connectivity index (χ1v) is 18.8. The highest BCUT2D eigenvalue weighted by Gasteiger charge is 2.34. The second-order valence-corrected chi connectivity index (χ2v) is 13.4. The predicted molar refractivity (Wildman–Crippen MR) is 206 cm³/mol. The monoisotopic (exact) mass is 718 g/mol. The number of fused-ring (bicyclic) bond motifs is 1. The molecule has 2 aliphatic rings. The van der Waals surface area contributed by atoms with Gasteiger partial charge in [0.25, 0.3) is 0 Å². The second kappa shape index (κ2) is 19.2. The molecule has 278 valence electrons. The Labute approximate surface area is 312 Å². The van der Waals surface area contributed by atoms with Crippen LogP contribution in [0.3, 0.4) is 0 Å². The number of nitrogens with one attached hydrogen (secondary N) is 1. The van der Waals surface area contributed by atoms with Crippen molar-refractivity contribution >= 4 is 23.0 Å². The zero-order chi connectivity index (χ0) is 36.8. The molecular weight excluding hydrogens is 668 g/mol. The zero-order valence-electron chi connectivity index (χ0n) is 30.6. The molecule has 0 radical (unpaired) electrons. The molecular formula is C44H50N2O7. The molecule has 0 aliphatic carbocycles. The van der Waals surface area contributed by atoms with Crippen molar-refractivity contribution in [1.82, 2.24) is 10.2 Å². The molecule has 2 amide bonds. The van der Waals surface area contributed by atoms with E-state index in [0.717, 1.165) is 53.9 Å². The van der Waals surface area contributed by atoms with Crippen LogP contribution < -0.4 is 14.8 Å². The molecule has 0 aromatic heterocycles. The van der Waals surface area contributed by atoms with E-state index in [2.05, 4.69) is 65.7 Å². The molecule has 53 heavy (non-hydrogen) atoms. The summed E-state index contributed by atoms with van der Waals surface area (Å²) in [5.41, 5.74) is 8.11. The molecule has 4 aromatic carbocycles. The van der Waals surface area contributed by atoms with Gasteiger partial charge in [-0.3, -0.25) is 19.8 Å². The molecule has 4 aromatic rings. The Morgan fingerprint density at radius 3 is 1.92 bits per heavy atom. The van der Waals surface area contributed by atoms with Crippen LogP contribution in [0.15, 0.2) is 97.1 Å². The van der Waals surface area contributed by atoms with Gasteiger partial charge in [-0.15, -0.1) is 0 Å². The first kappa shape index (κ1) is 37.8. The number of carbonyl (C=O) groups excluding carboxylic acids is 2. The van der Waals surface area contributed by atoms with E-state index in [1.54, 1.807) is 12.1 Å². The number of rotatable bonds is 19. The third-order valence-electron chi connectivity index (χ3n) is 9.63. The fourth-order valence-electron chi connectivity index (χ4n) is 6.93. The molecule has 2 N–H and O–H groups in total. The molecule has 1 fully saturated rings. The Kier molecular flexibility index (Phi) is 13.7. The summed E-state index contributed by atoms with van der Waals surface area (Å²) in [4.78, 5) is 25.9. The number of hydrogen-bond acceptors (Lipinski definition) is 8. The van der Waals surface area contributed by atoms with E-state index in [-0.39, 0.29) is 23.6 Å². The second-order valence-electron chi connectivity index (χ2n) is 13.4. The summed E-state index contributed by atoms with van der Waals surface area (Å²) < 4.78 is 23.5. The summed E-state index contributed by atoms with van der Waals surface area (Å²) in [6, 6.07) is 31.9. The van der Waals surface area contributed by atoms with Gasteiger partial charge < -0.3 is 24.1 Å². The first-order chi connectivity index (χ1) is 26.0. The average molecular weight is 719 g/mol. The molecule has 0 saturated carbocycles. The summed E-state index contributed by atoms with van der Waals surface area (Å²) in [5.74, 6) is 1.52. The molecule has 0 spiro atoms. The molecule has 6 rings (SSSR count). The van der Waals surface area contributed by atoms with Gasteiger partial charge in [0.15, 0.2) is 0 Å². The highest BCUT2D eigenvalue weighted by molar-refractivity contribution is 6.00. The third kappa shape index (κ3) is 10.6. The van der Waals surface area contributed by atoms with Crippen molar-refractivity contribution < 1.29 is 33.6 Å². The maximum absolute atomic E-state index is 12.3. The van der Waals surface area contributed by atoms with Gasteiger partial charge in [-0.2, -0.15) is 0 Å². The van der Waals surface area contributed by atoms with Crippen LogP contribution in [-0.2, 0) is 32.2 Å². The Bertz CT molecular complexity index is 1820. The van der Waals surface area contributed by atoms with E-state index in [9.17, 15) is 14.7 Å². The number of carbonyl (C=O) groups is 2. The molecule has 1 unspecified atom stereocenters. The van der Waals surface area contributed by atoms with Crippen LogP contribution in [0.2, 0.25) is 0 Å². The average Bonchev–Trinajstić information content (AvgIpc) is 3.60. The number of phenols is 1. The lowest BCUT2D eigenvalue weighted by atomic mass is 9.88. The minimum Gasteiger partial charge on any atom is -0.508 e. The number of amides is 2. The van der Waals surface area contributed by atoms with Gasteiger partial charge in [0.05, 0.1) is 19.3 Å². The Balaban J connectivity index is 0.828. The first-order valence-electron chi connectivity index (χ1n) is 18.8. The van der Waals surface area contributed by atoms with Crippen LogP contribution >= 0.6 is 0 Å². The number of allylic oxidation sites excluding steroid dienone is 1. The van der Waals surface area contributed by atoms with Crippen molar-refractivity contribution in [2.75, 3.05) is 39.6 Å². The van der Waals surface area contributed by atoms with E-state index in [0.29, 0.717) is 65.6 Å². The van der Waals surface area contributed by atoms with Gasteiger partial charge in [-0.25, -0.2) is 0 Å². The quantitative estimate of drug-likeness (QED) is 0.0582. The third-order valence-corrected chi connectivity index (χ3v) is 9.63. The summed E-state index contributed by atoms with van der Waals surface area (Å²) in [5, 5.41) is 12.4. The lowest BCUT2D eigenvalue weighted by Gasteiger charge is -2.29. The van der Waals surface area contributed by atoms with Crippen LogP contribution in [0.1, 0.15) is 73.3 Å². The van der Waals surface area contributed by atoms with Crippen LogP contribution in [0.25, 0.3) is 11.1 Å². The highest BCUT2D eigenvalue weighted by atomic mass is 16.5. The van der Waals surface area contributed by atoms with E-state index in [4.69, 9.17) is 18.9 Å². The molecule has 1 atom stereocenters. The van der Waals surface area contributed by atoms with Crippen LogP contribution in [0, 0.1) is 0 Å². The SMILES string of the molecule is CCC(=C(c1ccc(O)cc1)c1ccc(OCCCOCCCOCCCOc2ccc3c(c2)CN(C2CCC(=O)NC2=O)C3)cc1)c1ccccc1. The largest absolute Gasteiger partial charge is 0.508 e. The van der Waals surface area contributed by atoms with Gasteiger partial charge in [0, 0.05) is 58.8 Å². The Morgan fingerprint density at radius 1 is 0.698 bits per heavy atom. The maximum Gasteiger partial charge on any atom is 0.243 e. The molecule has 2 aliphatic heterocycles. The summed E-state index contributed by atoms with van der Waals surface area (Å²) in [6.07, 6.45) is 4.25. The molecule has 1 saturated heterocycles. The summed E-state index contributed by atoms with van der Waals surface area (Å²) in [6.45, 7) is 7.24. The molecule has 9 heteroatoms. The van der Waals surface area contributed by atoms with Crippen molar-refractivity contribution in [2.24, 2.45) is 0 Å². The van der Waals surface area contributed by atoms with Crippen LogP contribution in [0.5, 0.6) is 17.2 Å². The van der Waals surface area contributed by atoms with Crippen molar-refractivity contribution in [3.63, 3.8) is 0 Å². The topological polar surface area (TPSA) is 107 Å². The summed E-state index contributed by atoms with van der Waals surface area (Å²) in [7, 11) is 0. The van der Waals surface area contributed by atoms with Gasteiger partial charge in [0.1, 0.15) is 17.2 Å². The van der Waals surface area contributed by atoms with E-state index >= 15 is 0 Å². The normalized spacial score (nSPS) is 16.2. The van der Waals surface area contributed by atoms with Gasteiger partial charge in [0.2, 0.25) is 11.8 Å². The smallest absolute Gasteiger partial charge is 0.243 e. The number of hydrogen-bond donors (Lipinski definition) is 2. The number of aromatic hydroxyl groups is 1. The number of nitrogens with zero attached hydrogens (tertiary/aromatic N) is 1.